The zero-order valence-corrected chi connectivity index (χ0v) is 18.9. The minimum absolute atomic E-state index is 0.628. The summed E-state index contributed by atoms with van der Waals surface area (Å²) in [5.74, 6) is -5.80. The van der Waals surface area contributed by atoms with Crippen molar-refractivity contribution in [3.05, 3.63) is 0 Å². The highest BCUT2D eigenvalue weighted by Crippen LogP contribution is 2.34. The minimum atomic E-state index is -2.71. The minimum Gasteiger partial charge on any atom is -0.477 e. The molecular weight excluding hydrogens is 480 g/mol. The Morgan fingerprint density at radius 2 is 1.60 bits per heavy atom. The zero-order chi connectivity index (χ0) is 26.7. The summed E-state index contributed by atoms with van der Waals surface area (Å²) in [6.07, 6.45) is -14.9. The molecule has 0 unspecified atom stereocenters. The summed E-state index contributed by atoms with van der Waals surface area (Å²) in [7, 11) is 0. The number of nitrogens with one attached hydrogen (secondary N) is 2. The highest BCUT2D eigenvalue weighted by Gasteiger charge is 2.56. The van der Waals surface area contributed by atoms with Crippen LogP contribution in [0, 0.1) is 0 Å². The van der Waals surface area contributed by atoms with Crippen LogP contribution in [0.5, 0.6) is 0 Å². The van der Waals surface area contributed by atoms with Gasteiger partial charge >= 0.3 is 5.97 Å². The van der Waals surface area contributed by atoms with Gasteiger partial charge in [-0.3, -0.25) is 9.59 Å². The van der Waals surface area contributed by atoms with Crippen molar-refractivity contribution in [1.29, 1.82) is 0 Å². The third-order valence-corrected chi connectivity index (χ3v) is 5.76. The Morgan fingerprint density at radius 1 is 1.03 bits per heavy atom. The fourth-order valence-corrected chi connectivity index (χ4v) is 3.97. The molecule has 16 nitrogen and oxygen atoms in total. The number of amides is 2. The van der Waals surface area contributed by atoms with Crippen molar-refractivity contribution in [3.8, 4) is 0 Å². The van der Waals surface area contributed by atoms with Gasteiger partial charge in [0.2, 0.25) is 11.8 Å². The maximum absolute atomic E-state index is 12.1. The second-order valence-corrected chi connectivity index (χ2v) is 8.46. The van der Waals surface area contributed by atoms with E-state index >= 15 is 0 Å². The molecule has 2 amide bonds. The van der Waals surface area contributed by atoms with Crippen molar-refractivity contribution in [2.24, 2.45) is 0 Å². The molecule has 0 aromatic carbocycles. The zero-order valence-electron chi connectivity index (χ0n) is 18.9. The summed E-state index contributed by atoms with van der Waals surface area (Å²) in [6, 6.07) is -2.80. The molecule has 0 radical (unpaired) electrons. The molecule has 2 rings (SSSR count). The third kappa shape index (κ3) is 6.62. The maximum Gasteiger partial charge on any atom is 0.364 e. The summed E-state index contributed by atoms with van der Waals surface area (Å²) in [4.78, 5) is 34.9. The number of aliphatic carboxylic acids is 1. The molecule has 35 heavy (non-hydrogen) atoms. The first-order chi connectivity index (χ1) is 16.2. The Labute approximate surface area is 199 Å². The molecule has 2 fully saturated rings. The van der Waals surface area contributed by atoms with Crippen LogP contribution in [-0.4, -0.2) is 139 Å². The van der Waals surface area contributed by atoms with Gasteiger partial charge in [-0.2, -0.15) is 0 Å². The predicted molar refractivity (Wildman–Crippen MR) is 109 cm³/mol. The smallest absolute Gasteiger partial charge is 0.364 e. The number of carboxylic acids is 1. The second kappa shape index (κ2) is 11.8. The normalized spacial score (nSPS) is 39.3. The lowest BCUT2D eigenvalue weighted by molar-refractivity contribution is -0.328. The van der Waals surface area contributed by atoms with E-state index in [2.05, 4.69) is 10.6 Å². The highest BCUT2D eigenvalue weighted by atomic mass is 16.7. The van der Waals surface area contributed by atoms with Gasteiger partial charge in [0.25, 0.3) is 5.79 Å². The topological polar surface area (TPSA) is 265 Å². The van der Waals surface area contributed by atoms with Gasteiger partial charge in [-0.1, -0.05) is 0 Å². The van der Waals surface area contributed by atoms with Gasteiger partial charge in [0.15, 0.2) is 6.29 Å². The molecule has 0 saturated carbocycles. The van der Waals surface area contributed by atoms with Crippen molar-refractivity contribution in [3.63, 3.8) is 0 Å². The molecule has 11 atom stereocenters. The van der Waals surface area contributed by atoms with Gasteiger partial charge < -0.3 is 65.7 Å². The first kappa shape index (κ1) is 29.2. The van der Waals surface area contributed by atoms with Gasteiger partial charge in [-0.25, -0.2) is 4.79 Å². The van der Waals surface area contributed by atoms with Gasteiger partial charge in [-0.05, 0) is 0 Å². The van der Waals surface area contributed by atoms with E-state index in [1.165, 1.54) is 0 Å². The first-order valence-electron chi connectivity index (χ1n) is 10.7. The Balaban J connectivity index is 2.25. The molecule has 0 bridgehead atoms. The van der Waals surface area contributed by atoms with E-state index < -0.39 is 104 Å². The molecule has 0 spiro atoms. The Bertz CT molecular complexity index is 770. The van der Waals surface area contributed by atoms with Crippen molar-refractivity contribution < 1.29 is 69.4 Å². The number of carboxylic acid groups (broad SMARTS) is 1. The lowest BCUT2D eigenvalue weighted by atomic mass is 9.88. The van der Waals surface area contributed by atoms with Crippen molar-refractivity contribution in [2.75, 3.05) is 13.2 Å². The van der Waals surface area contributed by atoms with E-state index in [-0.39, 0.29) is 0 Å². The molecule has 16 heteroatoms. The van der Waals surface area contributed by atoms with E-state index in [0.717, 1.165) is 13.8 Å². The monoisotopic (exact) mass is 512 g/mol. The number of ether oxygens (including phenoxy) is 3. The molecule has 2 aliphatic rings. The van der Waals surface area contributed by atoms with Crippen LogP contribution < -0.4 is 10.6 Å². The quantitative estimate of drug-likeness (QED) is 0.138. The standard InChI is InChI=1S/C19H32N2O14/c1-6(23)20-11-8(25)3-19(18(31)32,35-16(11)13(27)9(26)4-22)33-5-10-14(28)15(29)12(17(30)34-10)21-7(2)24/h8-17,22,25-30H,3-5H2,1-2H3,(H,20,23)(H,21,24)(H,31,32)/t8-,9+,10+,11+,12+,13-,14-,15+,16+,17+,19+/m0/s1. The van der Waals surface area contributed by atoms with E-state index in [4.69, 9.17) is 19.3 Å². The summed E-state index contributed by atoms with van der Waals surface area (Å²) < 4.78 is 15.9. The van der Waals surface area contributed by atoms with Crippen LogP contribution in [-0.2, 0) is 28.6 Å². The van der Waals surface area contributed by atoms with Crippen molar-refractivity contribution in [1.82, 2.24) is 10.6 Å². The fraction of sp³-hybridized carbons (Fsp3) is 0.842. The number of carbonyl (C=O) groups is 3. The molecule has 10 N–H and O–H groups in total. The Hall–Kier alpha value is -1.99. The highest BCUT2D eigenvalue weighted by molar-refractivity contribution is 5.76. The van der Waals surface area contributed by atoms with E-state index in [1.807, 2.05) is 0 Å². The van der Waals surface area contributed by atoms with Crippen LogP contribution in [0.2, 0.25) is 0 Å². The number of aliphatic hydroxyl groups is 7. The average molecular weight is 512 g/mol. The summed E-state index contributed by atoms with van der Waals surface area (Å²) in [5, 5.41) is 84.9. The van der Waals surface area contributed by atoms with Crippen LogP contribution in [0.3, 0.4) is 0 Å². The van der Waals surface area contributed by atoms with Gasteiger partial charge in [0.05, 0.1) is 25.4 Å². The van der Waals surface area contributed by atoms with Crippen LogP contribution in [0.15, 0.2) is 0 Å². The van der Waals surface area contributed by atoms with Gasteiger partial charge in [0.1, 0.15) is 42.7 Å². The maximum atomic E-state index is 12.1. The summed E-state index contributed by atoms with van der Waals surface area (Å²) in [5.41, 5.74) is 0. The lowest BCUT2D eigenvalue weighted by Gasteiger charge is -2.47. The lowest BCUT2D eigenvalue weighted by Crippen LogP contribution is -2.68. The number of rotatable bonds is 9. The molecule has 2 heterocycles. The Kier molecular flexibility index (Phi) is 9.88. The third-order valence-electron chi connectivity index (χ3n) is 5.76. The summed E-state index contributed by atoms with van der Waals surface area (Å²) in [6.45, 7) is 0.409. The molecule has 202 valence electrons. The molecule has 2 aliphatic heterocycles. The number of hydrogen-bond acceptors (Lipinski definition) is 13. The molecule has 0 aromatic rings. The number of aliphatic hydroxyl groups excluding tert-OH is 7. The van der Waals surface area contributed by atoms with Gasteiger partial charge in [0, 0.05) is 20.3 Å². The van der Waals surface area contributed by atoms with Crippen LogP contribution in [0.1, 0.15) is 20.3 Å². The van der Waals surface area contributed by atoms with Gasteiger partial charge in [-0.15, -0.1) is 0 Å². The average Bonchev–Trinajstić information content (AvgIpc) is 2.78. The largest absolute Gasteiger partial charge is 0.477 e. The molecule has 0 aromatic heterocycles. The molecule has 2 saturated heterocycles. The predicted octanol–water partition coefficient (Wildman–Crippen LogP) is -5.90. The molecule has 0 aliphatic carbocycles. The molecular formula is C19H32N2O14. The van der Waals surface area contributed by atoms with Crippen LogP contribution >= 0.6 is 0 Å². The first-order valence-corrected chi connectivity index (χ1v) is 10.7. The second-order valence-electron chi connectivity index (χ2n) is 8.46. The van der Waals surface area contributed by atoms with E-state index in [1.54, 1.807) is 0 Å². The van der Waals surface area contributed by atoms with E-state index in [0.29, 0.717) is 0 Å². The summed E-state index contributed by atoms with van der Waals surface area (Å²) >= 11 is 0. The number of carbonyl (C=O) groups excluding carboxylic acids is 2. The van der Waals surface area contributed by atoms with Crippen LogP contribution in [0.4, 0.5) is 0 Å². The Morgan fingerprint density at radius 3 is 2.11 bits per heavy atom. The van der Waals surface area contributed by atoms with Crippen molar-refractivity contribution in [2.45, 2.75) is 87.2 Å². The SMILES string of the molecule is CC(=O)N[C@@H]1[C@@H](O)[C@@H](O)[C@@H](CO[C@]2(C(=O)O)C[C@H](O)[C@@H](NC(C)=O)[C@H]([C@@H](O)[C@H](O)CO)O2)O[C@H]1O. The number of hydrogen-bond donors (Lipinski definition) is 10. The van der Waals surface area contributed by atoms with Crippen LogP contribution in [0.25, 0.3) is 0 Å². The van der Waals surface area contributed by atoms with E-state index in [9.17, 15) is 50.1 Å². The fourth-order valence-electron chi connectivity index (χ4n) is 3.97. The van der Waals surface area contributed by atoms with Crippen molar-refractivity contribution >= 4 is 17.8 Å².